The van der Waals surface area contributed by atoms with E-state index >= 15 is 0 Å². The Bertz CT molecular complexity index is 850. The fraction of sp³-hybridized carbons (Fsp3) is 0. The number of anilines is 1. The van der Waals surface area contributed by atoms with Crippen molar-refractivity contribution in [2.45, 2.75) is 0 Å². The zero-order chi connectivity index (χ0) is 15.0. The first-order chi connectivity index (χ1) is 10.1. The molecular weight excluding hydrogens is 353 g/mol. The van der Waals surface area contributed by atoms with Crippen LogP contribution in [0.25, 0.3) is 10.2 Å². The molecule has 8 heteroatoms. The molecule has 106 valence electrons. The Morgan fingerprint density at radius 2 is 2.00 bits per heavy atom. The molecule has 4 nitrogen and oxygen atoms in total. The molecule has 1 N–H and O–H groups in total. The summed E-state index contributed by atoms with van der Waals surface area (Å²) in [7, 11) is 0. The molecule has 3 rings (SSSR count). The summed E-state index contributed by atoms with van der Waals surface area (Å²) in [5.74, 6) is -0.380. The maximum absolute atomic E-state index is 12.1. The van der Waals surface area contributed by atoms with E-state index in [1.54, 1.807) is 24.3 Å². The fourth-order valence-corrected chi connectivity index (χ4v) is 3.20. The summed E-state index contributed by atoms with van der Waals surface area (Å²) in [4.78, 5) is 20.3. The summed E-state index contributed by atoms with van der Waals surface area (Å²) in [6.07, 6.45) is 1.51. The normalized spacial score (nSPS) is 10.8. The summed E-state index contributed by atoms with van der Waals surface area (Å²) in [5, 5.41) is 4.01. The van der Waals surface area contributed by atoms with E-state index in [2.05, 4.69) is 15.3 Å². The van der Waals surface area contributed by atoms with Crippen molar-refractivity contribution in [3.8, 4) is 0 Å². The highest BCUT2D eigenvalue weighted by Gasteiger charge is 2.15. The summed E-state index contributed by atoms with van der Waals surface area (Å²) >= 11 is 19.2. The van der Waals surface area contributed by atoms with Gasteiger partial charge in [0.2, 0.25) is 0 Å². The number of nitrogens with one attached hydrogen (secondary N) is 1. The maximum atomic E-state index is 12.1. The molecule has 3 aromatic rings. The van der Waals surface area contributed by atoms with Crippen molar-refractivity contribution in [3.05, 3.63) is 51.2 Å². The second-order valence-electron chi connectivity index (χ2n) is 4.02. The Kier molecular flexibility index (Phi) is 3.99. The lowest BCUT2D eigenvalue weighted by molar-refractivity contribution is 0.102. The minimum absolute atomic E-state index is 0.136. The number of rotatable bonds is 2. The highest BCUT2D eigenvalue weighted by molar-refractivity contribution is 7.22. The zero-order valence-corrected chi connectivity index (χ0v) is 13.3. The van der Waals surface area contributed by atoms with Gasteiger partial charge in [-0.2, -0.15) is 0 Å². The molecule has 0 saturated carbocycles. The second kappa shape index (κ2) is 5.77. The number of nitrogens with zero attached hydrogens (tertiary/aromatic N) is 2. The number of halogens is 3. The monoisotopic (exact) mass is 357 g/mol. The first kappa shape index (κ1) is 14.5. The molecule has 0 aliphatic rings. The van der Waals surface area contributed by atoms with Gasteiger partial charge in [-0.15, -0.1) is 0 Å². The number of carbonyl (C=O) groups excluding carboxylic acids is 1. The summed E-state index contributed by atoms with van der Waals surface area (Å²) in [5.41, 5.74) is 0.837. The van der Waals surface area contributed by atoms with Crippen LogP contribution in [0.3, 0.4) is 0 Å². The molecule has 0 aliphatic heterocycles. The molecule has 2 aromatic heterocycles. The Balaban J connectivity index is 1.94. The van der Waals surface area contributed by atoms with E-state index in [1.807, 2.05) is 0 Å². The third-order valence-corrected chi connectivity index (χ3v) is 4.71. The van der Waals surface area contributed by atoms with Crippen LogP contribution >= 0.6 is 46.1 Å². The van der Waals surface area contributed by atoms with Gasteiger partial charge in [0, 0.05) is 6.20 Å². The predicted octanol–water partition coefficient (Wildman–Crippen LogP) is 4.90. The molecule has 0 aliphatic carbocycles. The van der Waals surface area contributed by atoms with Crippen LogP contribution in [0.4, 0.5) is 5.13 Å². The van der Waals surface area contributed by atoms with Crippen LogP contribution in [0.5, 0.6) is 0 Å². The van der Waals surface area contributed by atoms with Crippen molar-refractivity contribution >= 4 is 67.4 Å². The highest BCUT2D eigenvalue weighted by atomic mass is 35.5. The van der Waals surface area contributed by atoms with Crippen molar-refractivity contribution in [1.82, 2.24) is 9.97 Å². The minimum atomic E-state index is -0.380. The van der Waals surface area contributed by atoms with Gasteiger partial charge in [0.25, 0.3) is 5.91 Å². The minimum Gasteiger partial charge on any atom is -0.298 e. The van der Waals surface area contributed by atoms with Crippen LogP contribution in [0.2, 0.25) is 15.2 Å². The van der Waals surface area contributed by atoms with Gasteiger partial charge in [0.05, 0.1) is 20.3 Å². The number of hydrogen-bond donors (Lipinski definition) is 1. The number of thiazole rings is 1. The van der Waals surface area contributed by atoms with Gasteiger partial charge in [-0.05, 0) is 24.3 Å². The standard InChI is InChI=1S/C13H6Cl3N3OS/c14-7-3-4-8-10(9(7)15)18-13(21-8)19-12(20)6-2-1-5-17-11(6)16/h1-5H,(H,18,19,20). The van der Waals surface area contributed by atoms with Gasteiger partial charge in [-0.1, -0.05) is 46.1 Å². The molecule has 2 heterocycles. The van der Waals surface area contributed by atoms with Gasteiger partial charge in [0.15, 0.2) is 5.13 Å². The number of fused-ring (bicyclic) bond motifs is 1. The van der Waals surface area contributed by atoms with Gasteiger partial charge < -0.3 is 0 Å². The molecule has 1 aromatic carbocycles. The smallest absolute Gasteiger partial charge is 0.260 e. The van der Waals surface area contributed by atoms with Crippen LogP contribution in [0, 0.1) is 0 Å². The van der Waals surface area contributed by atoms with Crippen molar-refractivity contribution < 1.29 is 4.79 Å². The third-order valence-electron chi connectivity index (χ3n) is 2.68. The van der Waals surface area contributed by atoms with E-state index in [4.69, 9.17) is 34.8 Å². The lowest BCUT2D eigenvalue weighted by Crippen LogP contribution is -2.12. The number of carbonyl (C=O) groups is 1. The Morgan fingerprint density at radius 1 is 1.19 bits per heavy atom. The quantitative estimate of drug-likeness (QED) is 0.663. The Labute approximate surface area is 138 Å². The van der Waals surface area contributed by atoms with Crippen molar-refractivity contribution in [2.75, 3.05) is 5.32 Å². The van der Waals surface area contributed by atoms with Crippen LogP contribution in [0.1, 0.15) is 10.4 Å². The van der Waals surface area contributed by atoms with E-state index in [1.165, 1.54) is 17.5 Å². The molecule has 0 saturated heterocycles. The largest absolute Gasteiger partial charge is 0.298 e. The number of aromatic nitrogens is 2. The topological polar surface area (TPSA) is 54.9 Å². The Hall–Kier alpha value is -1.40. The maximum Gasteiger partial charge on any atom is 0.260 e. The number of pyridine rings is 1. The van der Waals surface area contributed by atoms with Gasteiger partial charge in [0.1, 0.15) is 10.7 Å². The van der Waals surface area contributed by atoms with E-state index in [0.717, 1.165) is 4.70 Å². The number of hydrogen-bond acceptors (Lipinski definition) is 4. The van der Waals surface area contributed by atoms with Gasteiger partial charge >= 0.3 is 0 Å². The molecule has 21 heavy (non-hydrogen) atoms. The fourth-order valence-electron chi connectivity index (χ4n) is 1.71. The molecule has 1 amide bonds. The highest BCUT2D eigenvalue weighted by Crippen LogP contribution is 2.35. The molecule has 0 bridgehead atoms. The van der Waals surface area contributed by atoms with Crippen LogP contribution in [-0.2, 0) is 0 Å². The lowest BCUT2D eigenvalue weighted by Gasteiger charge is -2.02. The number of amides is 1. The van der Waals surface area contributed by atoms with Crippen LogP contribution < -0.4 is 5.32 Å². The van der Waals surface area contributed by atoms with Crippen molar-refractivity contribution in [3.63, 3.8) is 0 Å². The molecular formula is C13H6Cl3N3OS. The SMILES string of the molecule is O=C(Nc1nc2c(Cl)c(Cl)ccc2s1)c1cccnc1Cl. The molecule has 0 spiro atoms. The van der Waals surface area contributed by atoms with E-state index in [0.29, 0.717) is 20.7 Å². The van der Waals surface area contributed by atoms with Crippen LogP contribution in [0.15, 0.2) is 30.5 Å². The molecule has 0 unspecified atom stereocenters. The molecule has 0 fully saturated rings. The van der Waals surface area contributed by atoms with Crippen molar-refractivity contribution in [2.24, 2.45) is 0 Å². The first-order valence-electron chi connectivity index (χ1n) is 5.72. The average molecular weight is 359 g/mol. The van der Waals surface area contributed by atoms with Gasteiger partial charge in [-0.25, -0.2) is 9.97 Å². The van der Waals surface area contributed by atoms with Crippen molar-refractivity contribution in [1.29, 1.82) is 0 Å². The van der Waals surface area contributed by atoms with E-state index in [-0.39, 0.29) is 16.6 Å². The predicted molar refractivity (Wildman–Crippen MR) is 86.8 cm³/mol. The lowest BCUT2D eigenvalue weighted by atomic mass is 10.3. The molecule has 0 atom stereocenters. The van der Waals surface area contributed by atoms with E-state index < -0.39 is 0 Å². The van der Waals surface area contributed by atoms with Crippen LogP contribution in [-0.4, -0.2) is 15.9 Å². The summed E-state index contributed by atoms with van der Waals surface area (Å²) < 4.78 is 0.831. The second-order valence-corrected chi connectivity index (χ2v) is 6.20. The average Bonchev–Trinajstić information content (AvgIpc) is 2.87. The number of benzene rings is 1. The Morgan fingerprint density at radius 3 is 2.76 bits per heavy atom. The molecule has 0 radical (unpaired) electrons. The zero-order valence-electron chi connectivity index (χ0n) is 10.2. The van der Waals surface area contributed by atoms with E-state index in [9.17, 15) is 4.79 Å². The third kappa shape index (κ3) is 2.82. The first-order valence-corrected chi connectivity index (χ1v) is 7.67. The summed E-state index contributed by atoms with van der Waals surface area (Å²) in [6, 6.07) is 6.71. The summed E-state index contributed by atoms with van der Waals surface area (Å²) in [6.45, 7) is 0. The van der Waals surface area contributed by atoms with Gasteiger partial charge in [-0.3, -0.25) is 10.1 Å².